The van der Waals surface area contributed by atoms with Crippen LogP contribution in [0.3, 0.4) is 0 Å². The average Bonchev–Trinajstić information content (AvgIpc) is 2.55. The molecule has 0 aliphatic carbocycles. The summed E-state index contributed by atoms with van der Waals surface area (Å²) in [6, 6.07) is 2.74. The van der Waals surface area contributed by atoms with E-state index in [-0.39, 0.29) is 11.7 Å². The number of halogens is 3. The highest BCUT2D eigenvalue weighted by atomic mass is 19.4. The summed E-state index contributed by atoms with van der Waals surface area (Å²) in [7, 11) is 2.06. The zero-order chi connectivity index (χ0) is 19.5. The van der Waals surface area contributed by atoms with Crippen molar-refractivity contribution >= 4 is 11.4 Å². The molecule has 1 aliphatic heterocycles. The fourth-order valence-corrected chi connectivity index (χ4v) is 3.16. The summed E-state index contributed by atoms with van der Waals surface area (Å²) < 4.78 is 38.4. The maximum atomic E-state index is 12.8. The number of hydrogen-bond donors (Lipinski definition) is 1. The van der Waals surface area contributed by atoms with Gasteiger partial charge in [-0.2, -0.15) is 13.2 Å². The molecule has 1 fully saturated rings. The van der Waals surface area contributed by atoms with Crippen molar-refractivity contribution in [3.63, 3.8) is 0 Å². The Balaban J connectivity index is 2.14. The van der Waals surface area contributed by atoms with Gasteiger partial charge < -0.3 is 10.2 Å². The summed E-state index contributed by atoms with van der Waals surface area (Å²) in [6.07, 6.45) is -4.61. The molecule has 0 bridgehead atoms. The van der Waals surface area contributed by atoms with Crippen molar-refractivity contribution in [1.29, 1.82) is 0 Å². The standard InChI is InChI=1S/C17H25F3N4O2/c1-12(2)16(23-8-6-22(3)7-9-23)11-21-14-5-4-13(17(18,19)20)10-15(14)24(25)26/h4-5,10,12,16,21H,6-9,11H2,1-3H3. The van der Waals surface area contributed by atoms with E-state index in [2.05, 4.69) is 36.0 Å². The Morgan fingerprint density at radius 3 is 2.35 bits per heavy atom. The van der Waals surface area contributed by atoms with E-state index in [0.717, 1.165) is 38.3 Å². The number of alkyl halides is 3. The van der Waals surface area contributed by atoms with Gasteiger partial charge in [-0.05, 0) is 25.1 Å². The maximum absolute atomic E-state index is 12.8. The van der Waals surface area contributed by atoms with Crippen molar-refractivity contribution in [2.24, 2.45) is 5.92 Å². The van der Waals surface area contributed by atoms with E-state index in [0.29, 0.717) is 18.5 Å². The molecule has 1 unspecified atom stereocenters. The van der Waals surface area contributed by atoms with Gasteiger partial charge in [-0.1, -0.05) is 13.8 Å². The van der Waals surface area contributed by atoms with E-state index in [4.69, 9.17) is 0 Å². The number of nitrogens with zero attached hydrogens (tertiary/aromatic N) is 3. The molecule has 26 heavy (non-hydrogen) atoms. The zero-order valence-corrected chi connectivity index (χ0v) is 15.2. The minimum Gasteiger partial charge on any atom is -0.378 e. The van der Waals surface area contributed by atoms with E-state index < -0.39 is 22.4 Å². The predicted molar refractivity (Wildman–Crippen MR) is 94.3 cm³/mol. The number of rotatable bonds is 6. The highest BCUT2D eigenvalue weighted by molar-refractivity contribution is 5.63. The van der Waals surface area contributed by atoms with Crippen LogP contribution in [-0.2, 0) is 6.18 Å². The minimum atomic E-state index is -4.61. The Kier molecular flexibility index (Phi) is 6.46. The van der Waals surface area contributed by atoms with Crippen LogP contribution in [0.25, 0.3) is 0 Å². The van der Waals surface area contributed by atoms with Crippen LogP contribution in [0.4, 0.5) is 24.5 Å². The molecular formula is C17H25F3N4O2. The molecule has 6 nitrogen and oxygen atoms in total. The fourth-order valence-electron chi connectivity index (χ4n) is 3.16. The smallest absolute Gasteiger partial charge is 0.378 e. The number of hydrogen-bond acceptors (Lipinski definition) is 5. The fraction of sp³-hybridized carbons (Fsp3) is 0.647. The molecule has 1 N–H and O–H groups in total. The summed E-state index contributed by atoms with van der Waals surface area (Å²) in [6.45, 7) is 8.28. The van der Waals surface area contributed by atoms with Crippen molar-refractivity contribution in [2.45, 2.75) is 26.1 Å². The normalized spacial score (nSPS) is 18.1. The lowest BCUT2D eigenvalue weighted by Crippen LogP contribution is -2.52. The first-order valence-corrected chi connectivity index (χ1v) is 8.61. The zero-order valence-electron chi connectivity index (χ0n) is 15.2. The first-order valence-electron chi connectivity index (χ1n) is 8.61. The molecule has 1 atom stereocenters. The Hall–Kier alpha value is -1.87. The average molecular weight is 374 g/mol. The Bertz CT molecular complexity index is 629. The van der Waals surface area contributed by atoms with E-state index in [1.54, 1.807) is 0 Å². The molecular weight excluding hydrogens is 349 g/mol. The molecule has 0 saturated carbocycles. The molecule has 1 aliphatic rings. The van der Waals surface area contributed by atoms with Crippen LogP contribution in [0, 0.1) is 16.0 Å². The van der Waals surface area contributed by atoms with Gasteiger partial charge in [-0.3, -0.25) is 15.0 Å². The molecule has 0 amide bonds. The third-order valence-corrected chi connectivity index (χ3v) is 4.80. The van der Waals surface area contributed by atoms with Crippen molar-refractivity contribution in [3.8, 4) is 0 Å². The lowest BCUT2D eigenvalue weighted by Gasteiger charge is -2.40. The molecule has 9 heteroatoms. The maximum Gasteiger partial charge on any atom is 0.416 e. The van der Waals surface area contributed by atoms with E-state index in [1.165, 1.54) is 0 Å². The number of piperazine rings is 1. The van der Waals surface area contributed by atoms with Crippen LogP contribution in [0.15, 0.2) is 18.2 Å². The summed E-state index contributed by atoms with van der Waals surface area (Å²) in [5, 5.41) is 14.2. The van der Waals surface area contributed by atoms with E-state index in [9.17, 15) is 23.3 Å². The number of anilines is 1. The van der Waals surface area contributed by atoms with Crippen LogP contribution in [-0.4, -0.2) is 60.5 Å². The number of nitrogens with one attached hydrogen (secondary N) is 1. The molecule has 0 aromatic heterocycles. The molecule has 1 heterocycles. The van der Waals surface area contributed by atoms with Gasteiger partial charge in [0.05, 0.1) is 10.5 Å². The van der Waals surface area contributed by atoms with Crippen molar-refractivity contribution in [3.05, 3.63) is 33.9 Å². The number of benzene rings is 1. The minimum absolute atomic E-state index is 0.114. The van der Waals surface area contributed by atoms with Gasteiger partial charge in [-0.25, -0.2) is 0 Å². The predicted octanol–water partition coefficient (Wildman–Crippen LogP) is 3.30. The molecule has 146 valence electrons. The molecule has 1 aromatic rings. The largest absolute Gasteiger partial charge is 0.416 e. The van der Waals surface area contributed by atoms with Crippen molar-refractivity contribution in [2.75, 3.05) is 45.1 Å². The number of likely N-dealkylation sites (N-methyl/N-ethyl adjacent to an activating group) is 1. The van der Waals surface area contributed by atoms with Crippen LogP contribution >= 0.6 is 0 Å². The number of nitro groups is 1. The van der Waals surface area contributed by atoms with Crippen LogP contribution in [0.1, 0.15) is 19.4 Å². The van der Waals surface area contributed by atoms with Crippen LogP contribution in [0.2, 0.25) is 0 Å². The molecule has 2 rings (SSSR count). The second kappa shape index (κ2) is 8.22. The third kappa shape index (κ3) is 5.07. The van der Waals surface area contributed by atoms with Gasteiger partial charge in [0.15, 0.2) is 0 Å². The molecule has 1 aromatic carbocycles. The lowest BCUT2D eigenvalue weighted by atomic mass is 10.0. The van der Waals surface area contributed by atoms with Crippen molar-refractivity contribution in [1.82, 2.24) is 9.80 Å². The van der Waals surface area contributed by atoms with Crippen molar-refractivity contribution < 1.29 is 18.1 Å². The van der Waals surface area contributed by atoms with Gasteiger partial charge in [0.25, 0.3) is 5.69 Å². The monoisotopic (exact) mass is 374 g/mol. The first-order chi connectivity index (χ1) is 12.1. The van der Waals surface area contributed by atoms with Gasteiger partial charge >= 0.3 is 6.18 Å². The van der Waals surface area contributed by atoms with Gasteiger partial charge in [0.2, 0.25) is 0 Å². The molecule has 1 saturated heterocycles. The second-order valence-electron chi connectivity index (χ2n) is 7.02. The van der Waals surface area contributed by atoms with Crippen LogP contribution < -0.4 is 5.32 Å². The molecule has 0 spiro atoms. The summed E-state index contributed by atoms with van der Waals surface area (Å²) in [5.74, 6) is 0.305. The first kappa shape index (κ1) is 20.4. The van der Waals surface area contributed by atoms with Gasteiger partial charge in [0.1, 0.15) is 5.69 Å². The summed E-state index contributed by atoms with van der Waals surface area (Å²) in [5.41, 5.74) is -1.46. The lowest BCUT2D eigenvalue weighted by molar-refractivity contribution is -0.384. The van der Waals surface area contributed by atoms with E-state index in [1.807, 2.05) is 0 Å². The van der Waals surface area contributed by atoms with Gasteiger partial charge in [-0.15, -0.1) is 0 Å². The van der Waals surface area contributed by atoms with Gasteiger partial charge in [0, 0.05) is 44.8 Å². The highest BCUT2D eigenvalue weighted by Crippen LogP contribution is 2.35. The second-order valence-corrected chi connectivity index (χ2v) is 7.02. The third-order valence-electron chi connectivity index (χ3n) is 4.80. The molecule has 0 radical (unpaired) electrons. The quantitative estimate of drug-likeness (QED) is 0.612. The SMILES string of the molecule is CC(C)C(CNc1ccc(C(F)(F)F)cc1[N+](=O)[O-])N1CCN(C)CC1. The topological polar surface area (TPSA) is 61.7 Å². The Morgan fingerprint density at radius 1 is 1.23 bits per heavy atom. The number of nitro benzene ring substituents is 1. The Morgan fingerprint density at radius 2 is 1.85 bits per heavy atom. The van der Waals surface area contributed by atoms with E-state index >= 15 is 0 Å². The highest BCUT2D eigenvalue weighted by Gasteiger charge is 2.33. The Labute approximate surface area is 151 Å². The summed E-state index contributed by atoms with van der Waals surface area (Å²) >= 11 is 0. The summed E-state index contributed by atoms with van der Waals surface area (Å²) in [4.78, 5) is 15.0. The van der Waals surface area contributed by atoms with Crippen LogP contribution in [0.5, 0.6) is 0 Å².